The van der Waals surface area contributed by atoms with Crippen LogP contribution >= 0.6 is 0 Å². The summed E-state index contributed by atoms with van der Waals surface area (Å²) in [6.07, 6.45) is 2.96. The lowest BCUT2D eigenvalue weighted by molar-refractivity contribution is -0.128. The molecule has 0 saturated carbocycles. The fraction of sp³-hybridized carbons (Fsp3) is 0.0588. The van der Waals surface area contributed by atoms with Crippen molar-refractivity contribution in [3.05, 3.63) is 65.7 Å². The van der Waals surface area contributed by atoms with E-state index in [2.05, 4.69) is 0 Å². The number of carbonyl (C=O) groups is 1. The fourth-order valence-electron chi connectivity index (χ4n) is 1.71. The maximum absolute atomic E-state index is 11.7. The van der Waals surface area contributed by atoms with Gasteiger partial charge < -0.3 is 9.47 Å². The Morgan fingerprint density at radius 1 is 1.14 bits per heavy atom. The van der Waals surface area contributed by atoms with Gasteiger partial charge in [-0.1, -0.05) is 18.2 Å². The van der Waals surface area contributed by atoms with Gasteiger partial charge in [0.2, 0.25) is 0 Å². The minimum atomic E-state index is -0.495. The van der Waals surface area contributed by atoms with Crippen LogP contribution in [0.1, 0.15) is 11.1 Å². The van der Waals surface area contributed by atoms with Crippen molar-refractivity contribution in [2.45, 2.75) is 0 Å². The van der Waals surface area contributed by atoms with Gasteiger partial charge in [-0.05, 0) is 36.4 Å². The lowest BCUT2D eigenvalue weighted by Crippen LogP contribution is -2.03. The van der Waals surface area contributed by atoms with Gasteiger partial charge in [-0.25, -0.2) is 4.79 Å². The first-order valence-electron chi connectivity index (χ1n) is 6.26. The summed E-state index contributed by atoms with van der Waals surface area (Å²) in [5.74, 6) is 0.578. The van der Waals surface area contributed by atoms with Crippen molar-refractivity contribution in [3.8, 4) is 17.6 Å². The lowest BCUT2D eigenvalue weighted by atomic mass is 10.2. The maximum atomic E-state index is 11.7. The van der Waals surface area contributed by atoms with E-state index in [1.165, 1.54) is 6.08 Å². The molecule has 104 valence electrons. The molecule has 0 radical (unpaired) electrons. The van der Waals surface area contributed by atoms with Crippen molar-refractivity contribution in [1.29, 1.82) is 5.26 Å². The van der Waals surface area contributed by atoms with Gasteiger partial charge in [0.1, 0.15) is 11.5 Å². The minimum Gasteiger partial charge on any atom is -0.496 e. The summed E-state index contributed by atoms with van der Waals surface area (Å²) in [7, 11) is 1.57. The van der Waals surface area contributed by atoms with Crippen molar-refractivity contribution >= 4 is 12.0 Å². The highest BCUT2D eigenvalue weighted by atomic mass is 16.5. The van der Waals surface area contributed by atoms with Gasteiger partial charge in [-0.15, -0.1) is 0 Å². The molecule has 4 nitrogen and oxygen atoms in total. The first kappa shape index (κ1) is 14.4. The maximum Gasteiger partial charge on any atom is 0.336 e. The molecule has 0 bridgehead atoms. The van der Waals surface area contributed by atoms with E-state index < -0.39 is 5.97 Å². The molecule has 0 amide bonds. The van der Waals surface area contributed by atoms with Gasteiger partial charge in [-0.2, -0.15) is 5.26 Å². The molecule has 2 rings (SSSR count). The molecule has 0 N–H and O–H groups in total. The van der Waals surface area contributed by atoms with Crippen LogP contribution < -0.4 is 9.47 Å². The number of rotatable bonds is 4. The number of esters is 1. The van der Waals surface area contributed by atoms with E-state index in [9.17, 15) is 4.79 Å². The average Bonchev–Trinajstić information content (AvgIpc) is 2.54. The van der Waals surface area contributed by atoms with Crippen molar-refractivity contribution in [2.75, 3.05) is 7.11 Å². The van der Waals surface area contributed by atoms with Crippen molar-refractivity contribution in [3.63, 3.8) is 0 Å². The van der Waals surface area contributed by atoms with E-state index in [1.54, 1.807) is 37.5 Å². The smallest absolute Gasteiger partial charge is 0.336 e. The summed E-state index contributed by atoms with van der Waals surface area (Å²) in [5.41, 5.74) is 1.30. The molecule has 0 atom stereocenters. The predicted octanol–water partition coefficient (Wildman–Crippen LogP) is 3.19. The third-order valence-corrected chi connectivity index (χ3v) is 2.74. The Hall–Kier alpha value is -3.06. The Labute approximate surface area is 122 Å². The Morgan fingerprint density at radius 2 is 1.86 bits per heavy atom. The average molecular weight is 279 g/mol. The van der Waals surface area contributed by atoms with E-state index in [0.717, 1.165) is 5.56 Å². The van der Waals surface area contributed by atoms with Gasteiger partial charge in [-0.3, -0.25) is 0 Å². The molecule has 0 heterocycles. The number of hydrogen-bond acceptors (Lipinski definition) is 4. The Morgan fingerprint density at radius 3 is 2.52 bits per heavy atom. The first-order chi connectivity index (χ1) is 10.2. The van der Waals surface area contributed by atoms with Crippen molar-refractivity contribution < 1.29 is 14.3 Å². The first-order valence-corrected chi connectivity index (χ1v) is 6.26. The molecule has 0 saturated heterocycles. The van der Waals surface area contributed by atoms with E-state index in [4.69, 9.17) is 14.7 Å². The highest BCUT2D eigenvalue weighted by Gasteiger charge is 2.02. The molecule has 0 aromatic heterocycles. The fourth-order valence-corrected chi connectivity index (χ4v) is 1.71. The van der Waals surface area contributed by atoms with E-state index in [1.807, 2.05) is 30.3 Å². The van der Waals surface area contributed by atoms with Gasteiger partial charge in [0.25, 0.3) is 0 Å². The van der Waals surface area contributed by atoms with Crippen LogP contribution in [-0.2, 0) is 4.79 Å². The van der Waals surface area contributed by atoms with Crippen LogP contribution in [0.5, 0.6) is 11.5 Å². The number of ether oxygens (including phenoxy) is 2. The van der Waals surface area contributed by atoms with Crippen LogP contribution in [0.15, 0.2) is 54.6 Å². The SMILES string of the molecule is COc1ccccc1/C=C/C(=O)Oc1ccc(C#N)cc1. The van der Waals surface area contributed by atoms with Crippen LogP contribution in [0.2, 0.25) is 0 Å². The molecular weight excluding hydrogens is 266 g/mol. The Balaban J connectivity index is 2.04. The van der Waals surface area contributed by atoms with E-state index in [0.29, 0.717) is 17.1 Å². The zero-order chi connectivity index (χ0) is 15.1. The Kier molecular flexibility index (Phi) is 4.73. The van der Waals surface area contributed by atoms with Gasteiger partial charge in [0.15, 0.2) is 0 Å². The molecule has 0 aliphatic rings. The normalized spacial score (nSPS) is 10.1. The van der Waals surface area contributed by atoms with E-state index >= 15 is 0 Å². The molecule has 2 aromatic rings. The quantitative estimate of drug-likeness (QED) is 0.490. The molecule has 21 heavy (non-hydrogen) atoms. The number of nitriles is 1. The molecule has 0 fully saturated rings. The Bertz CT molecular complexity index is 697. The summed E-state index contributed by atoms with van der Waals surface area (Å²) in [5, 5.41) is 8.69. The zero-order valence-corrected chi connectivity index (χ0v) is 11.4. The summed E-state index contributed by atoms with van der Waals surface area (Å²) in [6.45, 7) is 0. The summed E-state index contributed by atoms with van der Waals surface area (Å²) >= 11 is 0. The molecule has 0 aliphatic heterocycles. The highest BCUT2D eigenvalue weighted by molar-refractivity contribution is 5.89. The van der Waals surface area contributed by atoms with Crippen LogP contribution in [-0.4, -0.2) is 13.1 Å². The largest absolute Gasteiger partial charge is 0.496 e. The van der Waals surface area contributed by atoms with Gasteiger partial charge in [0.05, 0.1) is 18.7 Å². The molecule has 2 aromatic carbocycles. The third-order valence-electron chi connectivity index (χ3n) is 2.74. The second-order valence-corrected chi connectivity index (χ2v) is 4.13. The number of para-hydroxylation sites is 1. The minimum absolute atomic E-state index is 0.392. The predicted molar refractivity (Wildman–Crippen MR) is 78.8 cm³/mol. The molecule has 0 aliphatic carbocycles. The van der Waals surface area contributed by atoms with Crippen LogP contribution in [0.3, 0.4) is 0 Å². The third kappa shape index (κ3) is 3.95. The summed E-state index contributed by atoms with van der Waals surface area (Å²) < 4.78 is 10.3. The molecular formula is C17H13NO3. The number of benzene rings is 2. The number of methoxy groups -OCH3 is 1. The molecule has 0 unspecified atom stereocenters. The number of nitrogens with zero attached hydrogens (tertiary/aromatic N) is 1. The van der Waals surface area contributed by atoms with Gasteiger partial charge >= 0.3 is 5.97 Å². The number of hydrogen-bond donors (Lipinski definition) is 0. The monoisotopic (exact) mass is 279 g/mol. The second kappa shape index (κ2) is 6.92. The van der Waals surface area contributed by atoms with Crippen molar-refractivity contribution in [2.24, 2.45) is 0 Å². The molecule has 0 spiro atoms. The van der Waals surface area contributed by atoms with Gasteiger partial charge in [0, 0.05) is 11.6 Å². The lowest BCUT2D eigenvalue weighted by Gasteiger charge is -2.03. The highest BCUT2D eigenvalue weighted by Crippen LogP contribution is 2.19. The van der Waals surface area contributed by atoms with Crippen LogP contribution in [0.25, 0.3) is 6.08 Å². The second-order valence-electron chi connectivity index (χ2n) is 4.13. The van der Waals surface area contributed by atoms with Crippen molar-refractivity contribution in [1.82, 2.24) is 0 Å². The topological polar surface area (TPSA) is 59.3 Å². The summed E-state index contributed by atoms with van der Waals surface area (Å²) in [6, 6.07) is 15.7. The van der Waals surface area contributed by atoms with E-state index in [-0.39, 0.29) is 0 Å². The number of carbonyl (C=O) groups excluding carboxylic acids is 1. The summed E-state index contributed by atoms with van der Waals surface area (Å²) in [4.78, 5) is 11.7. The van der Waals surface area contributed by atoms with Crippen LogP contribution in [0, 0.1) is 11.3 Å². The zero-order valence-electron chi connectivity index (χ0n) is 11.4. The standard InChI is InChI=1S/C17H13NO3/c1-20-16-5-3-2-4-14(16)8-11-17(19)21-15-9-6-13(12-18)7-10-15/h2-11H,1H3/b11-8+. The molecule has 4 heteroatoms. The van der Waals surface area contributed by atoms with Crippen LogP contribution in [0.4, 0.5) is 0 Å².